The van der Waals surface area contributed by atoms with Crippen molar-refractivity contribution in [1.82, 2.24) is 0 Å². The smallest absolute Gasteiger partial charge is 0.169 e. The molecule has 158 valence electrons. The minimum absolute atomic E-state index is 0.0342. The molecule has 0 heterocycles. The third kappa shape index (κ3) is 7.50. The Morgan fingerprint density at radius 3 is 1.74 bits per heavy atom. The Hall–Kier alpha value is -1.00. The highest BCUT2D eigenvalue weighted by atomic mass is 16.5. The summed E-state index contributed by atoms with van der Waals surface area (Å²) in [5, 5.41) is 0. The molecule has 0 aliphatic heterocycles. The summed E-state index contributed by atoms with van der Waals surface area (Å²) in [6.07, 6.45) is 1.88. The summed E-state index contributed by atoms with van der Waals surface area (Å²) in [7, 11) is 0. The molecule has 27 heavy (non-hydrogen) atoms. The molecule has 0 radical (unpaired) electrons. The first-order valence-corrected chi connectivity index (χ1v) is 9.92. The highest BCUT2D eigenvalue weighted by molar-refractivity contribution is 5.90. The Labute approximate surface area is 167 Å². The first-order chi connectivity index (χ1) is 11.9. The third-order valence-electron chi connectivity index (χ3n) is 5.12. The van der Waals surface area contributed by atoms with Gasteiger partial charge in [0, 0.05) is 5.41 Å². The van der Waals surface area contributed by atoms with Gasteiger partial charge in [0.2, 0.25) is 0 Å². The van der Waals surface area contributed by atoms with Gasteiger partial charge in [0.15, 0.2) is 11.6 Å². The normalized spacial score (nSPS) is 16.0. The number of ketones is 2. The SMILES string of the molecule is C=CCCC(OC(C)(C)C(C)(C)C(=O)C(C)OC(C)(C)C)C(=O)C(C)(C)C. The molecule has 0 fully saturated rings. The van der Waals surface area contributed by atoms with Gasteiger partial charge >= 0.3 is 0 Å². The summed E-state index contributed by atoms with van der Waals surface area (Å²) in [5.41, 5.74) is -2.60. The Morgan fingerprint density at radius 1 is 0.889 bits per heavy atom. The molecule has 0 N–H and O–H groups in total. The zero-order valence-corrected chi connectivity index (χ0v) is 19.5. The van der Waals surface area contributed by atoms with Crippen molar-refractivity contribution >= 4 is 11.6 Å². The van der Waals surface area contributed by atoms with Gasteiger partial charge in [-0.15, -0.1) is 6.58 Å². The highest BCUT2D eigenvalue weighted by Gasteiger charge is 2.48. The van der Waals surface area contributed by atoms with Crippen LogP contribution in [-0.2, 0) is 19.1 Å². The number of rotatable bonds is 10. The summed E-state index contributed by atoms with van der Waals surface area (Å²) < 4.78 is 12.2. The van der Waals surface area contributed by atoms with Crippen molar-refractivity contribution in [2.45, 2.75) is 112 Å². The summed E-state index contributed by atoms with van der Waals surface area (Å²) in [6.45, 7) is 24.5. The Balaban J connectivity index is 5.60. The summed E-state index contributed by atoms with van der Waals surface area (Å²) in [4.78, 5) is 26.0. The number of carbonyl (C=O) groups is 2. The number of hydrogen-bond donors (Lipinski definition) is 0. The van der Waals surface area contributed by atoms with Crippen LogP contribution in [0.4, 0.5) is 0 Å². The van der Waals surface area contributed by atoms with Gasteiger partial charge in [0.05, 0.1) is 16.6 Å². The van der Waals surface area contributed by atoms with Crippen molar-refractivity contribution in [1.29, 1.82) is 0 Å². The minimum Gasteiger partial charge on any atom is -0.365 e. The van der Waals surface area contributed by atoms with Gasteiger partial charge in [0.1, 0.15) is 12.2 Å². The Morgan fingerprint density at radius 2 is 1.37 bits per heavy atom. The van der Waals surface area contributed by atoms with Gasteiger partial charge in [-0.3, -0.25) is 9.59 Å². The Bertz CT molecular complexity index is 530. The van der Waals surface area contributed by atoms with E-state index in [1.807, 2.05) is 69.2 Å². The molecule has 0 saturated carbocycles. The van der Waals surface area contributed by atoms with Crippen molar-refractivity contribution in [3.8, 4) is 0 Å². The second kappa shape index (κ2) is 9.00. The van der Waals surface area contributed by atoms with Gasteiger partial charge in [-0.1, -0.05) is 40.7 Å². The fourth-order valence-corrected chi connectivity index (χ4v) is 2.89. The van der Waals surface area contributed by atoms with Crippen molar-refractivity contribution in [2.75, 3.05) is 0 Å². The van der Waals surface area contributed by atoms with E-state index in [0.717, 1.165) is 0 Å². The van der Waals surface area contributed by atoms with Gasteiger partial charge in [0.25, 0.3) is 0 Å². The zero-order valence-electron chi connectivity index (χ0n) is 19.5. The van der Waals surface area contributed by atoms with Crippen molar-refractivity contribution < 1.29 is 19.1 Å². The maximum atomic E-state index is 13.1. The van der Waals surface area contributed by atoms with Crippen LogP contribution in [-0.4, -0.2) is 35.0 Å². The van der Waals surface area contributed by atoms with E-state index in [1.165, 1.54) is 0 Å². The number of hydrogen-bond acceptors (Lipinski definition) is 4. The van der Waals surface area contributed by atoms with E-state index in [4.69, 9.17) is 9.47 Å². The van der Waals surface area contributed by atoms with E-state index in [-0.39, 0.29) is 11.6 Å². The fraction of sp³-hybridized carbons (Fsp3) is 0.826. The largest absolute Gasteiger partial charge is 0.365 e. The molecule has 2 unspecified atom stereocenters. The molecule has 0 amide bonds. The molecule has 0 bridgehead atoms. The Kier molecular flexibility index (Phi) is 8.67. The molecule has 0 spiro atoms. The molecule has 4 nitrogen and oxygen atoms in total. The second-order valence-electron chi connectivity index (χ2n) is 10.5. The lowest BCUT2D eigenvalue weighted by Gasteiger charge is -2.44. The van der Waals surface area contributed by atoms with Gasteiger partial charge < -0.3 is 9.47 Å². The molecule has 0 aliphatic carbocycles. The van der Waals surface area contributed by atoms with E-state index >= 15 is 0 Å². The van der Waals surface area contributed by atoms with Gasteiger partial charge in [-0.2, -0.15) is 0 Å². The summed E-state index contributed by atoms with van der Waals surface area (Å²) in [5.74, 6) is 0.00719. The first-order valence-electron chi connectivity index (χ1n) is 9.92. The maximum Gasteiger partial charge on any atom is 0.169 e. The van der Waals surface area contributed by atoms with Crippen LogP contribution in [0.1, 0.15) is 89.0 Å². The number of Topliss-reactive ketones (excluding diaryl/α,β-unsaturated/α-hetero) is 2. The number of ether oxygens (including phenoxy) is 2. The lowest BCUT2D eigenvalue weighted by atomic mass is 9.71. The van der Waals surface area contributed by atoms with E-state index in [1.54, 1.807) is 13.0 Å². The highest BCUT2D eigenvalue weighted by Crippen LogP contribution is 2.39. The monoisotopic (exact) mass is 382 g/mol. The van der Waals surface area contributed by atoms with Gasteiger partial charge in [-0.25, -0.2) is 0 Å². The van der Waals surface area contributed by atoms with Crippen LogP contribution >= 0.6 is 0 Å². The van der Waals surface area contributed by atoms with E-state index < -0.39 is 34.2 Å². The van der Waals surface area contributed by atoms with Crippen LogP contribution in [0.5, 0.6) is 0 Å². The predicted octanol–water partition coefficient (Wildman–Crippen LogP) is 5.53. The van der Waals surface area contributed by atoms with E-state index in [2.05, 4.69) is 6.58 Å². The van der Waals surface area contributed by atoms with Crippen LogP contribution in [0, 0.1) is 10.8 Å². The van der Waals surface area contributed by atoms with Crippen LogP contribution in [0.25, 0.3) is 0 Å². The van der Waals surface area contributed by atoms with E-state index in [9.17, 15) is 9.59 Å². The summed E-state index contributed by atoms with van der Waals surface area (Å²) >= 11 is 0. The van der Waals surface area contributed by atoms with Crippen molar-refractivity contribution in [3.05, 3.63) is 12.7 Å². The van der Waals surface area contributed by atoms with E-state index in [0.29, 0.717) is 12.8 Å². The number of allylic oxidation sites excluding steroid dienone is 1. The molecular weight excluding hydrogens is 340 g/mol. The van der Waals surface area contributed by atoms with Crippen molar-refractivity contribution in [2.24, 2.45) is 10.8 Å². The molecule has 0 aromatic heterocycles. The number of carbonyl (C=O) groups excluding carboxylic acids is 2. The molecule has 0 aromatic carbocycles. The topological polar surface area (TPSA) is 52.6 Å². The summed E-state index contributed by atoms with van der Waals surface area (Å²) in [6, 6.07) is 0. The maximum absolute atomic E-state index is 13.1. The lowest BCUT2D eigenvalue weighted by molar-refractivity contribution is -0.181. The zero-order chi connectivity index (χ0) is 21.8. The third-order valence-corrected chi connectivity index (χ3v) is 5.12. The quantitative estimate of drug-likeness (QED) is 0.466. The average Bonchev–Trinajstić information content (AvgIpc) is 2.46. The van der Waals surface area contributed by atoms with Crippen LogP contribution in [0.3, 0.4) is 0 Å². The van der Waals surface area contributed by atoms with Crippen molar-refractivity contribution in [3.63, 3.8) is 0 Å². The lowest BCUT2D eigenvalue weighted by Crippen LogP contribution is -2.54. The first kappa shape index (κ1) is 26.0. The molecular formula is C23H42O4. The standard InChI is InChI=1S/C23H42O4/c1-13-14-15-17(19(25)20(3,4)5)27-23(11,12)22(9,10)18(24)16(2)26-21(6,7)8/h13,16-17H,1,14-15H2,2-12H3. The molecule has 4 heteroatoms. The molecule has 0 rings (SSSR count). The fourth-order valence-electron chi connectivity index (χ4n) is 2.89. The minimum atomic E-state index is -0.841. The molecule has 0 aromatic rings. The average molecular weight is 383 g/mol. The molecule has 2 atom stereocenters. The van der Waals surface area contributed by atoms with Crippen LogP contribution in [0.15, 0.2) is 12.7 Å². The molecule has 0 aliphatic rings. The predicted molar refractivity (Wildman–Crippen MR) is 112 cm³/mol. The van der Waals surface area contributed by atoms with Crippen LogP contribution < -0.4 is 0 Å². The second-order valence-corrected chi connectivity index (χ2v) is 10.5. The van der Waals surface area contributed by atoms with Gasteiger partial charge in [-0.05, 0) is 54.4 Å². The molecule has 0 saturated heterocycles. The van der Waals surface area contributed by atoms with Crippen LogP contribution in [0.2, 0.25) is 0 Å².